The Balaban J connectivity index is 2.26. The van der Waals surface area contributed by atoms with Crippen molar-refractivity contribution in [2.24, 2.45) is 0 Å². The van der Waals surface area contributed by atoms with Crippen molar-refractivity contribution in [3.8, 4) is 5.75 Å². The third kappa shape index (κ3) is 5.38. The number of rotatable bonds is 5. The Labute approximate surface area is 102 Å². The molecule has 0 saturated heterocycles. The van der Waals surface area contributed by atoms with Crippen molar-refractivity contribution in [3.05, 3.63) is 12.4 Å². The van der Waals surface area contributed by atoms with Gasteiger partial charge in [0.05, 0.1) is 25.4 Å². The Morgan fingerprint density at radius 2 is 2.18 bits per heavy atom. The molecule has 1 rings (SSSR count). The predicted molar refractivity (Wildman–Crippen MR) is 63.9 cm³/mol. The van der Waals surface area contributed by atoms with E-state index in [0.29, 0.717) is 12.4 Å². The first-order valence-electron chi connectivity index (χ1n) is 5.78. The zero-order valence-corrected chi connectivity index (χ0v) is 10.9. The van der Waals surface area contributed by atoms with Gasteiger partial charge in [-0.1, -0.05) is 0 Å². The van der Waals surface area contributed by atoms with Gasteiger partial charge in [0.25, 0.3) is 0 Å². The van der Waals surface area contributed by atoms with E-state index in [1.165, 1.54) is 0 Å². The quantitative estimate of drug-likeness (QED) is 0.739. The molecule has 1 aromatic heterocycles. The Bertz CT molecular complexity index is 366. The molecule has 0 aromatic carbocycles. The number of esters is 1. The summed E-state index contributed by atoms with van der Waals surface area (Å²) in [5.74, 6) is 0.427. The summed E-state index contributed by atoms with van der Waals surface area (Å²) in [7, 11) is 0. The minimum Gasteiger partial charge on any atom is -0.490 e. The molecule has 0 N–H and O–H groups in total. The summed E-state index contributed by atoms with van der Waals surface area (Å²) in [5, 5.41) is 4.07. The van der Waals surface area contributed by atoms with Crippen LogP contribution in [0, 0.1) is 0 Å². The zero-order valence-electron chi connectivity index (χ0n) is 10.9. The number of ether oxygens (including phenoxy) is 2. The smallest absolute Gasteiger partial charge is 0.309 e. The lowest BCUT2D eigenvalue weighted by Crippen LogP contribution is -2.24. The molecule has 0 bridgehead atoms. The average Bonchev–Trinajstić information content (AvgIpc) is 2.63. The number of carbonyl (C=O) groups is 1. The van der Waals surface area contributed by atoms with E-state index in [9.17, 15) is 4.79 Å². The number of aryl methyl sites for hydroxylation is 1. The molecule has 0 unspecified atom stereocenters. The van der Waals surface area contributed by atoms with E-state index in [0.717, 1.165) is 6.54 Å². The molecule has 17 heavy (non-hydrogen) atoms. The molecule has 5 heteroatoms. The molecule has 96 valence electrons. The van der Waals surface area contributed by atoms with E-state index < -0.39 is 5.60 Å². The Hall–Kier alpha value is -1.52. The van der Waals surface area contributed by atoms with Crippen LogP contribution in [-0.2, 0) is 16.1 Å². The molecular formula is C12H20N2O3. The van der Waals surface area contributed by atoms with Crippen LogP contribution in [0.3, 0.4) is 0 Å². The number of hydrogen-bond donors (Lipinski definition) is 0. The Kier molecular flexibility index (Phi) is 4.54. The third-order valence-electron chi connectivity index (χ3n) is 1.93. The molecule has 0 aliphatic rings. The van der Waals surface area contributed by atoms with Crippen LogP contribution < -0.4 is 4.74 Å². The van der Waals surface area contributed by atoms with Gasteiger partial charge in [0.2, 0.25) is 0 Å². The number of nitrogens with zero attached hydrogens (tertiary/aromatic N) is 2. The van der Waals surface area contributed by atoms with E-state index in [1.54, 1.807) is 17.1 Å². The van der Waals surface area contributed by atoms with Crippen LogP contribution in [0.2, 0.25) is 0 Å². The van der Waals surface area contributed by atoms with Crippen LogP contribution in [0.1, 0.15) is 34.1 Å². The molecule has 0 atom stereocenters. The van der Waals surface area contributed by atoms with Gasteiger partial charge in [0.1, 0.15) is 5.60 Å². The van der Waals surface area contributed by atoms with Crippen LogP contribution in [0.15, 0.2) is 12.4 Å². The third-order valence-corrected chi connectivity index (χ3v) is 1.93. The maximum atomic E-state index is 11.4. The van der Waals surface area contributed by atoms with E-state index >= 15 is 0 Å². The SMILES string of the molecule is CCn1cc(OCCC(=O)OC(C)(C)C)cn1. The summed E-state index contributed by atoms with van der Waals surface area (Å²) in [6, 6.07) is 0. The molecule has 0 spiro atoms. The summed E-state index contributed by atoms with van der Waals surface area (Å²) in [5.41, 5.74) is -0.440. The maximum Gasteiger partial charge on any atom is 0.309 e. The molecule has 0 radical (unpaired) electrons. The Morgan fingerprint density at radius 3 is 2.71 bits per heavy atom. The van der Waals surface area contributed by atoms with Crippen molar-refractivity contribution in [3.63, 3.8) is 0 Å². The van der Waals surface area contributed by atoms with Crippen molar-refractivity contribution in [1.82, 2.24) is 9.78 Å². The summed E-state index contributed by atoms with van der Waals surface area (Å²) >= 11 is 0. The number of carbonyl (C=O) groups excluding carboxylic acids is 1. The van der Waals surface area contributed by atoms with Crippen LogP contribution in [0.25, 0.3) is 0 Å². The van der Waals surface area contributed by atoms with E-state index in [4.69, 9.17) is 9.47 Å². The normalized spacial score (nSPS) is 11.3. The first-order chi connectivity index (χ1) is 7.90. The fourth-order valence-corrected chi connectivity index (χ4v) is 1.24. The van der Waals surface area contributed by atoms with E-state index in [1.807, 2.05) is 27.7 Å². The van der Waals surface area contributed by atoms with Crippen molar-refractivity contribution in [2.45, 2.75) is 46.3 Å². The van der Waals surface area contributed by atoms with Crippen molar-refractivity contribution in [1.29, 1.82) is 0 Å². The lowest BCUT2D eigenvalue weighted by Gasteiger charge is -2.19. The van der Waals surface area contributed by atoms with Gasteiger partial charge in [0.15, 0.2) is 5.75 Å². The van der Waals surface area contributed by atoms with Gasteiger partial charge in [-0.05, 0) is 27.7 Å². The molecule has 0 fully saturated rings. The van der Waals surface area contributed by atoms with E-state index in [2.05, 4.69) is 5.10 Å². The highest BCUT2D eigenvalue weighted by Gasteiger charge is 2.15. The van der Waals surface area contributed by atoms with Crippen LogP contribution in [0.5, 0.6) is 5.75 Å². The van der Waals surface area contributed by atoms with Gasteiger partial charge in [-0.25, -0.2) is 0 Å². The lowest BCUT2D eigenvalue weighted by atomic mass is 10.2. The van der Waals surface area contributed by atoms with Crippen LogP contribution >= 0.6 is 0 Å². The fraction of sp³-hybridized carbons (Fsp3) is 0.667. The number of aromatic nitrogens is 2. The van der Waals surface area contributed by atoms with Gasteiger partial charge in [0, 0.05) is 6.54 Å². The molecule has 0 saturated carbocycles. The topological polar surface area (TPSA) is 53.4 Å². The zero-order chi connectivity index (χ0) is 12.9. The highest BCUT2D eigenvalue weighted by molar-refractivity contribution is 5.69. The standard InChI is InChI=1S/C12H20N2O3/c1-5-14-9-10(8-13-14)16-7-6-11(15)17-12(2,3)4/h8-9H,5-7H2,1-4H3. The second-order valence-corrected chi connectivity index (χ2v) is 4.72. The summed E-state index contributed by atoms with van der Waals surface area (Å²) in [6.07, 6.45) is 3.68. The van der Waals surface area contributed by atoms with Crippen molar-refractivity contribution < 1.29 is 14.3 Å². The van der Waals surface area contributed by atoms with Crippen molar-refractivity contribution in [2.75, 3.05) is 6.61 Å². The second kappa shape index (κ2) is 5.70. The molecule has 5 nitrogen and oxygen atoms in total. The van der Waals surface area contributed by atoms with Gasteiger partial charge in [-0.3, -0.25) is 9.48 Å². The predicted octanol–water partition coefficient (Wildman–Crippen LogP) is 2.01. The molecule has 0 aliphatic carbocycles. The first kappa shape index (κ1) is 13.5. The van der Waals surface area contributed by atoms with Crippen LogP contribution in [-0.4, -0.2) is 28.0 Å². The average molecular weight is 240 g/mol. The van der Waals surface area contributed by atoms with Crippen molar-refractivity contribution >= 4 is 5.97 Å². The molecular weight excluding hydrogens is 220 g/mol. The van der Waals surface area contributed by atoms with Gasteiger partial charge < -0.3 is 9.47 Å². The summed E-state index contributed by atoms with van der Waals surface area (Å²) in [6.45, 7) is 8.64. The monoisotopic (exact) mass is 240 g/mol. The summed E-state index contributed by atoms with van der Waals surface area (Å²) in [4.78, 5) is 11.4. The van der Waals surface area contributed by atoms with Gasteiger partial charge in [-0.15, -0.1) is 0 Å². The minimum atomic E-state index is -0.440. The molecule has 0 aliphatic heterocycles. The van der Waals surface area contributed by atoms with Gasteiger partial charge in [-0.2, -0.15) is 5.10 Å². The molecule has 1 aromatic rings. The first-order valence-corrected chi connectivity index (χ1v) is 5.78. The highest BCUT2D eigenvalue weighted by atomic mass is 16.6. The molecule has 0 amide bonds. The van der Waals surface area contributed by atoms with Gasteiger partial charge >= 0.3 is 5.97 Å². The number of hydrogen-bond acceptors (Lipinski definition) is 4. The maximum absolute atomic E-state index is 11.4. The fourth-order valence-electron chi connectivity index (χ4n) is 1.24. The minimum absolute atomic E-state index is 0.245. The van der Waals surface area contributed by atoms with E-state index in [-0.39, 0.29) is 12.4 Å². The second-order valence-electron chi connectivity index (χ2n) is 4.72. The Morgan fingerprint density at radius 1 is 1.47 bits per heavy atom. The van der Waals surface area contributed by atoms with Crippen LogP contribution in [0.4, 0.5) is 0 Å². The molecule has 1 heterocycles. The largest absolute Gasteiger partial charge is 0.490 e. The highest BCUT2D eigenvalue weighted by Crippen LogP contribution is 2.10. The lowest BCUT2D eigenvalue weighted by molar-refractivity contribution is -0.155. The summed E-state index contributed by atoms with van der Waals surface area (Å²) < 4.78 is 12.3.